The second kappa shape index (κ2) is 4.97. The lowest BCUT2D eigenvalue weighted by Gasteiger charge is -2.26. The van der Waals surface area contributed by atoms with E-state index in [-0.39, 0.29) is 5.41 Å². The average Bonchev–Trinajstić information content (AvgIpc) is 2.28. The lowest BCUT2D eigenvalue weighted by atomic mass is 9.78. The van der Waals surface area contributed by atoms with Crippen LogP contribution in [0, 0.1) is 13.8 Å². The van der Waals surface area contributed by atoms with Crippen molar-refractivity contribution in [3.63, 3.8) is 0 Å². The van der Waals surface area contributed by atoms with Gasteiger partial charge in [-0.05, 0) is 36.8 Å². The highest BCUT2D eigenvalue weighted by Gasteiger charge is 2.21. The summed E-state index contributed by atoms with van der Waals surface area (Å²) in [5, 5.41) is 0. The quantitative estimate of drug-likeness (QED) is 0.719. The van der Waals surface area contributed by atoms with Gasteiger partial charge in [-0.1, -0.05) is 73.5 Å². The Morgan fingerprint density at radius 3 is 2.06 bits per heavy atom. The molecular weight excluding hydrogens is 216 g/mol. The van der Waals surface area contributed by atoms with E-state index in [0.29, 0.717) is 0 Å². The van der Waals surface area contributed by atoms with Crippen LogP contribution < -0.4 is 0 Å². The molecule has 0 amide bonds. The number of hydrogen-bond acceptors (Lipinski definition) is 0. The Morgan fingerprint density at radius 2 is 1.44 bits per heavy atom. The molecule has 18 heavy (non-hydrogen) atoms. The molecule has 2 aromatic carbocycles. The molecule has 0 aliphatic rings. The van der Waals surface area contributed by atoms with Crippen LogP contribution in [0.1, 0.15) is 36.1 Å². The molecule has 0 aliphatic carbocycles. The van der Waals surface area contributed by atoms with Gasteiger partial charge in [-0.15, -0.1) is 0 Å². The predicted octanol–water partition coefficient (Wildman–Crippen LogP) is 4.82. The first-order valence-corrected chi connectivity index (χ1v) is 6.60. The van der Waals surface area contributed by atoms with E-state index >= 15 is 0 Å². The minimum absolute atomic E-state index is 0.180. The van der Waals surface area contributed by atoms with Crippen molar-refractivity contribution in [1.82, 2.24) is 0 Å². The maximum absolute atomic E-state index is 2.32. The van der Waals surface area contributed by atoms with Gasteiger partial charge in [0.1, 0.15) is 0 Å². The standard InChI is InChI=1S/C18H22/c1-14-7-5-9-16(11-14)13-18(3,4)17-10-6-8-15(2)12-17/h5-12H,13H2,1-4H3. The molecule has 0 saturated heterocycles. The van der Waals surface area contributed by atoms with Crippen molar-refractivity contribution in [3.05, 3.63) is 70.8 Å². The summed E-state index contributed by atoms with van der Waals surface area (Å²) in [7, 11) is 0. The molecule has 0 nitrogen and oxygen atoms in total. The SMILES string of the molecule is Cc1cccc(CC(C)(C)c2cccc(C)c2)c1. The summed E-state index contributed by atoms with van der Waals surface area (Å²) in [6.45, 7) is 8.96. The maximum Gasteiger partial charge on any atom is -0.00631 e. The van der Waals surface area contributed by atoms with Crippen molar-refractivity contribution in [2.75, 3.05) is 0 Å². The number of rotatable bonds is 3. The summed E-state index contributed by atoms with van der Waals surface area (Å²) in [4.78, 5) is 0. The minimum Gasteiger partial charge on any atom is -0.0617 e. The fourth-order valence-electron chi connectivity index (χ4n) is 2.50. The summed E-state index contributed by atoms with van der Waals surface area (Å²) in [6.07, 6.45) is 1.08. The number of hydrogen-bond donors (Lipinski definition) is 0. The predicted molar refractivity (Wildman–Crippen MR) is 79.1 cm³/mol. The molecule has 0 spiro atoms. The number of aryl methyl sites for hydroxylation is 2. The highest BCUT2D eigenvalue weighted by atomic mass is 14.2. The first-order valence-electron chi connectivity index (χ1n) is 6.60. The molecular formula is C18H22. The Hall–Kier alpha value is -1.56. The van der Waals surface area contributed by atoms with Gasteiger partial charge in [0.2, 0.25) is 0 Å². The molecule has 0 N–H and O–H groups in total. The van der Waals surface area contributed by atoms with E-state index in [2.05, 4.69) is 76.2 Å². The van der Waals surface area contributed by atoms with Gasteiger partial charge in [-0.25, -0.2) is 0 Å². The van der Waals surface area contributed by atoms with Crippen LogP contribution in [0.4, 0.5) is 0 Å². The van der Waals surface area contributed by atoms with Gasteiger partial charge in [0.25, 0.3) is 0 Å². The van der Waals surface area contributed by atoms with Crippen LogP contribution >= 0.6 is 0 Å². The maximum atomic E-state index is 2.32. The summed E-state index contributed by atoms with van der Waals surface area (Å²) in [6, 6.07) is 17.7. The van der Waals surface area contributed by atoms with E-state index in [9.17, 15) is 0 Å². The van der Waals surface area contributed by atoms with Crippen molar-refractivity contribution in [3.8, 4) is 0 Å². The summed E-state index contributed by atoms with van der Waals surface area (Å²) in [5.41, 5.74) is 5.70. The summed E-state index contributed by atoms with van der Waals surface area (Å²) >= 11 is 0. The van der Waals surface area contributed by atoms with Crippen LogP contribution in [0.25, 0.3) is 0 Å². The largest absolute Gasteiger partial charge is 0.0617 e. The smallest absolute Gasteiger partial charge is 0.00631 e. The Labute approximate surface area is 111 Å². The highest BCUT2D eigenvalue weighted by molar-refractivity contribution is 5.32. The monoisotopic (exact) mass is 238 g/mol. The summed E-state index contributed by atoms with van der Waals surface area (Å²) in [5.74, 6) is 0. The van der Waals surface area contributed by atoms with Crippen LogP contribution in [0.15, 0.2) is 48.5 Å². The second-order valence-electron chi connectivity index (χ2n) is 5.92. The molecule has 0 saturated carbocycles. The fraction of sp³-hybridized carbons (Fsp3) is 0.333. The van der Waals surface area contributed by atoms with Crippen LogP contribution in [-0.4, -0.2) is 0 Å². The Balaban J connectivity index is 2.26. The Morgan fingerprint density at radius 1 is 0.833 bits per heavy atom. The van der Waals surface area contributed by atoms with Crippen molar-refractivity contribution in [1.29, 1.82) is 0 Å². The zero-order chi connectivity index (χ0) is 13.2. The van der Waals surface area contributed by atoms with E-state index in [1.165, 1.54) is 22.3 Å². The average molecular weight is 238 g/mol. The molecule has 0 heterocycles. The van der Waals surface area contributed by atoms with Gasteiger partial charge in [0.15, 0.2) is 0 Å². The molecule has 0 radical (unpaired) electrons. The van der Waals surface area contributed by atoms with Crippen LogP contribution in [0.3, 0.4) is 0 Å². The molecule has 0 heteroatoms. The van der Waals surface area contributed by atoms with Crippen molar-refractivity contribution in [2.45, 2.75) is 39.5 Å². The molecule has 0 atom stereocenters. The van der Waals surface area contributed by atoms with Crippen molar-refractivity contribution in [2.24, 2.45) is 0 Å². The van der Waals surface area contributed by atoms with Crippen molar-refractivity contribution >= 4 is 0 Å². The van der Waals surface area contributed by atoms with Gasteiger partial charge in [-0.2, -0.15) is 0 Å². The molecule has 94 valence electrons. The van der Waals surface area contributed by atoms with Crippen molar-refractivity contribution < 1.29 is 0 Å². The first kappa shape index (κ1) is 12.9. The van der Waals surface area contributed by atoms with Gasteiger partial charge < -0.3 is 0 Å². The van der Waals surface area contributed by atoms with Crippen LogP contribution in [0.5, 0.6) is 0 Å². The molecule has 2 rings (SSSR count). The third-order valence-electron chi connectivity index (χ3n) is 3.53. The van der Waals surface area contributed by atoms with E-state index < -0.39 is 0 Å². The molecule has 0 aliphatic heterocycles. The molecule has 0 bridgehead atoms. The van der Waals surface area contributed by atoms with Gasteiger partial charge in [0.05, 0.1) is 0 Å². The van der Waals surface area contributed by atoms with Crippen LogP contribution in [-0.2, 0) is 11.8 Å². The zero-order valence-electron chi connectivity index (χ0n) is 11.8. The minimum atomic E-state index is 0.180. The molecule has 2 aromatic rings. The molecule has 0 fully saturated rings. The lowest BCUT2D eigenvalue weighted by molar-refractivity contribution is 0.522. The fourth-order valence-corrected chi connectivity index (χ4v) is 2.50. The second-order valence-corrected chi connectivity index (χ2v) is 5.92. The zero-order valence-corrected chi connectivity index (χ0v) is 11.8. The highest BCUT2D eigenvalue weighted by Crippen LogP contribution is 2.28. The first-order chi connectivity index (χ1) is 8.47. The Kier molecular flexibility index (Phi) is 3.56. The normalized spacial score (nSPS) is 11.6. The third-order valence-corrected chi connectivity index (χ3v) is 3.53. The van der Waals surface area contributed by atoms with Gasteiger partial charge in [0, 0.05) is 0 Å². The van der Waals surface area contributed by atoms with E-state index in [1.54, 1.807) is 0 Å². The van der Waals surface area contributed by atoms with Crippen LogP contribution in [0.2, 0.25) is 0 Å². The third kappa shape index (κ3) is 3.01. The topological polar surface area (TPSA) is 0 Å². The molecule has 0 aromatic heterocycles. The van der Waals surface area contributed by atoms with E-state index in [4.69, 9.17) is 0 Å². The van der Waals surface area contributed by atoms with Gasteiger partial charge >= 0.3 is 0 Å². The van der Waals surface area contributed by atoms with Gasteiger partial charge in [-0.3, -0.25) is 0 Å². The Bertz CT molecular complexity index is 535. The van der Waals surface area contributed by atoms with E-state index in [1.807, 2.05) is 0 Å². The van der Waals surface area contributed by atoms with E-state index in [0.717, 1.165) is 6.42 Å². The summed E-state index contributed by atoms with van der Waals surface area (Å²) < 4.78 is 0. The lowest BCUT2D eigenvalue weighted by Crippen LogP contribution is -2.20. The molecule has 0 unspecified atom stereocenters. The number of benzene rings is 2.